The van der Waals surface area contributed by atoms with Crippen LogP contribution < -0.4 is 5.32 Å². The lowest BCUT2D eigenvalue weighted by Crippen LogP contribution is -2.39. The van der Waals surface area contributed by atoms with Crippen molar-refractivity contribution >= 4 is 0 Å². The summed E-state index contributed by atoms with van der Waals surface area (Å²) in [5.41, 5.74) is 5.64. The van der Waals surface area contributed by atoms with Gasteiger partial charge in [0.25, 0.3) is 0 Å². The molecule has 0 saturated carbocycles. The number of hydrogen-bond donors (Lipinski definition) is 1. The van der Waals surface area contributed by atoms with Crippen molar-refractivity contribution < 1.29 is 0 Å². The number of likely N-dealkylation sites (tertiary alicyclic amines) is 1. The van der Waals surface area contributed by atoms with Gasteiger partial charge in [-0.3, -0.25) is 0 Å². The Hall–Kier alpha value is -0.860. The molecule has 2 unspecified atom stereocenters. The molecule has 1 saturated heterocycles. The highest BCUT2D eigenvalue weighted by molar-refractivity contribution is 5.38. The number of rotatable bonds is 5. The van der Waals surface area contributed by atoms with Crippen molar-refractivity contribution in [2.45, 2.75) is 59.5 Å². The van der Waals surface area contributed by atoms with Gasteiger partial charge in [-0.2, -0.15) is 0 Å². The van der Waals surface area contributed by atoms with Crippen LogP contribution in [0, 0.1) is 20.8 Å². The summed E-state index contributed by atoms with van der Waals surface area (Å²) in [5.74, 6) is 0. The van der Waals surface area contributed by atoms with Crippen molar-refractivity contribution in [2.24, 2.45) is 0 Å². The van der Waals surface area contributed by atoms with E-state index in [0.29, 0.717) is 12.1 Å². The Kier molecular flexibility index (Phi) is 5.22. The van der Waals surface area contributed by atoms with Gasteiger partial charge in [-0.05, 0) is 82.8 Å². The topological polar surface area (TPSA) is 15.3 Å². The van der Waals surface area contributed by atoms with Crippen molar-refractivity contribution in [2.75, 3.05) is 19.6 Å². The van der Waals surface area contributed by atoms with Gasteiger partial charge < -0.3 is 10.2 Å². The number of benzene rings is 1. The molecule has 1 fully saturated rings. The van der Waals surface area contributed by atoms with Crippen molar-refractivity contribution in [3.8, 4) is 0 Å². The minimum Gasteiger partial charge on any atom is -0.306 e. The summed E-state index contributed by atoms with van der Waals surface area (Å²) in [6, 6.07) is 5.63. The Morgan fingerprint density at radius 2 is 1.60 bits per heavy atom. The Morgan fingerprint density at radius 3 is 2.25 bits per heavy atom. The van der Waals surface area contributed by atoms with E-state index in [-0.39, 0.29) is 0 Å². The number of hydrogen-bond acceptors (Lipinski definition) is 2. The van der Waals surface area contributed by atoms with Gasteiger partial charge in [0.05, 0.1) is 0 Å². The second kappa shape index (κ2) is 6.73. The maximum absolute atomic E-state index is 3.77. The standard InChI is InChI=1S/C18H30N2/c1-13-10-15(3)18(11-14(13)2)17(5)19-16(4)12-20-8-6-7-9-20/h10-11,16-17,19H,6-9,12H2,1-5H3. The van der Waals surface area contributed by atoms with Crippen LogP contribution in [0.3, 0.4) is 0 Å². The van der Waals surface area contributed by atoms with Crippen molar-refractivity contribution in [1.82, 2.24) is 10.2 Å². The van der Waals surface area contributed by atoms with Crippen molar-refractivity contribution in [1.29, 1.82) is 0 Å². The molecule has 0 amide bonds. The van der Waals surface area contributed by atoms with E-state index in [1.165, 1.54) is 54.7 Å². The van der Waals surface area contributed by atoms with Crippen LogP contribution in [0.1, 0.15) is 55.0 Å². The fraction of sp³-hybridized carbons (Fsp3) is 0.667. The summed E-state index contributed by atoms with van der Waals surface area (Å²) in [5, 5.41) is 3.77. The molecule has 2 heteroatoms. The van der Waals surface area contributed by atoms with Gasteiger partial charge >= 0.3 is 0 Å². The fourth-order valence-corrected chi connectivity index (χ4v) is 3.37. The zero-order valence-electron chi connectivity index (χ0n) is 13.8. The molecule has 1 aliphatic heterocycles. The lowest BCUT2D eigenvalue weighted by Gasteiger charge is -2.26. The van der Waals surface area contributed by atoms with Gasteiger partial charge in [0, 0.05) is 18.6 Å². The van der Waals surface area contributed by atoms with E-state index < -0.39 is 0 Å². The first-order valence-corrected chi connectivity index (χ1v) is 8.03. The molecular weight excluding hydrogens is 244 g/mol. The maximum Gasteiger partial charge on any atom is 0.0297 e. The van der Waals surface area contributed by atoms with Crippen LogP contribution in [0.4, 0.5) is 0 Å². The molecule has 0 radical (unpaired) electrons. The van der Waals surface area contributed by atoms with Crippen LogP contribution >= 0.6 is 0 Å². The van der Waals surface area contributed by atoms with E-state index in [0.717, 1.165) is 0 Å². The molecule has 2 atom stereocenters. The van der Waals surface area contributed by atoms with Crippen molar-refractivity contribution in [3.63, 3.8) is 0 Å². The molecule has 1 N–H and O–H groups in total. The summed E-state index contributed by atoms with van der Waals surface area (Å²) in [6.45, 7) is 15.0. The molecule has 112 valence electrons. The minimum atomic E-state index is 0.423. The summed E-state index contributed by atoms with van der Waals surface area (Å²) in [7, 11) is 0. The van der Waals surface area contributed by atoms with Crippen LogP contribution in [0.25, 0.3) is 0 Å². The third-order valence-electron chi connectivity index (χ3n) is 4.61. The third kappa shape index (κ3) is 3.83. The van der Waals surface area contributed by atoms with Gasteiger partial charge in [-0.25, -0.2) is 0 Å². The second-order valence-electron chi connectivity index (χ2n) is 6.59. The second-order valence-corrected chi connectivity index (χ2v) is 6.59. The molecule has 1 aromatic carbocycles. The fourth-order valence-electron chi connectivity index (χ4n) is 3.37. The molecule has 1 aliphatic rings. The first-order chi connectivity index (χ1) is 9.47. The highest BCUT2D eigenvalue weighted by Gasteiger charge is 2.17. The summed E-state index contributed by atoms with van der Waals surface area (Å²) < 4.78 is 0. The molecule has 0 bridgehead atoms. The monoisotopic (exact) mass is 274 g/mol. The smallest absolute Gasteiger partial charge is 0.0297 e. The zero-order chi connectivity index (χ0) is 14.7. The van der Waals surface area contributed by atoms with Crippen LogP contribution in [0.5, 0.6) is 0 Å². The SMILES string of the molecule is Cc1cc(C)c(C(C)NC(C)CN2CCCC2)cc1C. The summed E-state index contributed by atoms with van der Waals surface area (Å²) >= 11 is 0. The van der Waals surface area contributed by atoms with Crippen LogP contribution in [-0.2, 0) is 0 Å². The van der Waals surface area contributed by atoms with Gasteiger partial charge in [-0.15, -0.1) is 0 Å². The van der Waals surface area contributed by atoms with E-state index in [1.807, 2.05) is 0 Å². The average Bonchev–Trinajstić information content (AvgIpc) is 2.86. The Bertz CT molecular complexity index is 447. The highest BCUT2D eigenvalue weighted by Crippen LogP contribution is 2.22. The predicted molar refractivity (Wildman–Crippen MR) is 87.3 cm³/mol. The molecule has 2 rings (SSSR count). The first-order valence-electron chi connectivity index (χ1n) is 8.03. The summed E-state index contributed by atoms with van der Waals surface area (Å²) in [6.07, 6.45) is 2.75. The van der Waals surface area contributed by atoms with E-state index in [1.54, 1.807) is 0 Å². The van der Waals surface area contributed by atoms with Gasteiger partial charge in [0.2, 0.25) is 0 Å². The number of aryl methyl sites for hydroxylation is 3. The normalized spacial score (nSPS) is 19.2. The van der Waals surface area contributed by atoms with Crippen LogP contribution in [0.2, 0.25) is 0 Å². The van der Waals surface area contributed by atoms with Gasteiger partial charge in [-0.1, -0.05) is 12.1 Å². The van der Waals surface area contributed by atoms with E-state index in [9.17, 15) is 0 Å². The van der Waals surface area contributed by atoms with Gasteiger partial charge in [0.15, 0.2) is 0 Å². The molecule has 1 heterocycles. The minimum absolute atomic E-state index is 0.423. The first kappa shape index (κ1) is 15.5. The Balaban J connectivity index is 1.96. The van der Waals surface area contributed by atoms with Crippen LogP contribution in [0.15, 0.2) is 12.1 Å². The molecule has 1 aromatic rings. The lowest BCUT2D eigenvalue weighted by molar-refractivity contribution is 0.289. The third-order valence-corrected chi connectivity index (χ3v) is 4.61. The lowest BCUT2D eigenvalue weighted by atomic mass is 9.96. The Morgan fingerprint density at radius 1 is 1.00 bits per heavy atom. The van der Waals surface area contributed by atoms with E-state index in [2.05, 4.69) is 57.0 Å². The maximum atomic E-state index is 3.77. The van der Waals surface area contributed by atoms with Gasteiger partial charge in [0.1, 0.15) is 0 Å². The molecular formula is C18H30N2. The molecule has 0 aliphatic carbocycles. The van der Waals surface area contributed by atoms with E-state index in [4.69, 9.17) is 0 Å². The number of nitrogens with zero attached hydrogens (tertiary/aromatic N) is 1. The quantitative estimate of drug-likeness (QED) is 0.880. The predicted octanol–water partition coefficient (Wildman–Crippen LogP) is 3.75. The average molecular weight is 274 g/mol. The largest absolute Gasteiger partial charge is 0.306 e. The highest BCUT2D eigenvalue weighted by atomic mass is 15.2. The zero-order valence-corrected chi connectivity index (χ0v) is 13.8. The van der Waals surface area contributed by atoms with Crippen molar-refractivity contribution in [3.05, 3.63) is 34.4 Å². The molecule has 20 heavy (non-hydrogen) atoms. The van der Waals surface area contributed by atoms with Crippen LogP contribution in [-0.4, -0.2) is 30.6 Å². The molecule has 2 nitrogen and oxygen atoms in total. The molecule has 0 aromatic heterocycles. The molecule has 0 spiro atoms. The van der Waals surface area contributed by atoms with E-state index >= 15 is 0 Å². The Labute approximate surface area is 124 Å². The number of nitrogens with one attached hydrogen (secondary N) is 1. The summed E-state index contributed by atoms with van der Waals surface area (Å²) in [4.78, 5) is 2.58.